The topological polar surface area (TPSA) is 90.1 Å². The van der Waals surface area contributed by atoms with E-state index < -0.39 is 0 Å². The van der Waals surface area contributed by atoms with Gasteiger partial charge in [-0.15, -0.1) is 22.6 Å². The third-order valence-corrected chi connectivity index (χ3v) is 3.87. The number of nitrogens with two attached hydrogens (primary N) is 1. The van der Waals surface area contributed by atoms with E-state index in [1.165, 1.54) is 11.3 Å². The molecule has 8 heteroatoms. The number of hydrogen-bond acceptors (Lipinski definition) is 6. The summed E-state index contributed by atoms with van der Waals surface area (Å²) in [6.07, 6.45) is 1.70. The Hall–Kier alpha value is -1.70. The highest BCUT2D eigenvalue weighted by Crippen LogP contribution is 2.21. The van der Waals surface area contributed by atoms with Gasteiger partial charge in [0.15, 0.2) is 0 Å². The second kappa shape index (κ2) is 9.44. The van der Waals surface area contributed by atoms with Crippen molar-refractivity contribution in [3.63, 3.8) is 0 Å². The Balaban J connectivity index is 0.00000264. The second-order valence-corrected chi connectivity index (χ2v) is 6.16. The molecule has 6 nitrogen and oxygen atoms in total. The predicted octanol–water partition coefficient (Wildman–Crippen LogP) is 2.63. The number of nitrogens with one attached hydrogen (secondary N) is 1. The average molecular weight is 357 g/mol. The molecule has 0 aliphatic carbocycles. The molecule has 0 saturated carbocycles. The lowest BCUT2D eigenvalue weighted by Gasteiger charge is -2.03. The molecule has 1 aromatic heterocycles. The summed E-state index contributed by atoms with van der Waals surface area (Å²) < 4.78 is 5.20. The Labute approximate surface area is 145 Å². The van der Waals surface area contributed by atoms with Crippen LogP contribution in [0.25, 0.3) is 0 Å². The van der Waals surface area contributed by atoms with Gasteiger partial charge in [0.2, 0.25) is 11.0 Å². The standard InChI is InChI=1S/C15H20N4O2S.ClH/c1-10(16)6-7-13(20)17-15-19-18-14(22-15)9-11-4-3-5-12(8-11)21-2;/h3-5,8,10H,6-7,9,16H2,1-2H3,(H,17,19,20);1H. The lowest BCUT2D eigenvalue weighted by Crippen LogP contribution is -2.19. The number of nitrogens with zero attached hydrogens (tertiary/aromatic N) is 2. The number of carbonyl (C=O) groups excluding carboxylic acids is 1. The number of benzene rings is 1. The minimum Gasteiger partial charge on any atom is -0.497 e. The van der Waals surface area contributed by atoms with Crippen molar-refractivity contribution in [2.24, 2.45) is 5.73 Å². The smallest absolute Gasteiger partial charge is 0.226 e. The number of ether oxygens (including phenoxy) is 1. The molecule has 0 spiro atoms. The van der Waals surface area contributed by atoms with Crippen LogP contribution in [0.15, 0.2) is 24.3 Å². The number of anilines is 1. The Morgan fingerprint density at radius 3 is 2.91 bits per heavy atom. The summed E-state index contributed by atoms with van der Waals surface area (Å²) in [5.74, 6) is 0.729. The van der Waals surface area contributed by atoms with E-state index in [9.17, 15) is 4.79 Å². The van der Waals surface area contributed by atoms with E-state index >= 15 is 0 Å². The van der Waals surface area contributed by atoms with Crippen molar-refractivity contribution in [2.45, 2.75) is 32.2 Å². The van der Waals surface area contributed by atoms with Gasteiger partial charge in [-0.05, 0) is 31.0 Å². The van der Waals surface area contributed by atoms with Gasteiger partial charge in [-0.1, -0.05) is 23.5 Å². The molecule has 0 fully saturated rings. The zero-order valence-corrected chi connectivity index (χ0v) is 14.7. The SMILES string of the molecule is COc1cccc(Cc2nnc(NC(=O)CCC(C)N)s2)c1.Cl. The maximum absolute atomic E-state index is 11.7. The van der Waals surface area contributed by atoms with Crippen LogP contribution in [0.3, 0.4) is 0 Å². The molecule has 0 aliphatic heterocycles. The highest BCUT2D eigenvalue weighted by Gasteiger charge is 2.09. The summed E-state index contributed by atoms with van der Waals surface area (Å²) in [4.78, 5) is 11.7. The van der Waals surface area contributed by atoms with Gasteiger partial charge in [-0.25, -0.2) is 0 Å². The fourth-order valence-corrected chi connectivity index (χ4v) is 2.66. The Morgan fingerprint density at radius 1 is 1.43 bits per heavy atom. The molecule has 126 valence electrons. The average Bonchev–Trinajstić information content (AvgIpc) is 2.92. The molecule has 1 unspecified atom stereocenters. The van der Waals surface area contributed by atoms with Crippen molar-refractivity contribution >= 4 is 34.8 Å². The van der Waals surface area contributed by atoms with Crippen LogP contribution >= 0.6 is 23.7 Å². The minimum absolute atomic E-state index is 0. The van der Waals surface area contributed by atoms with Crippen molar-refractivity contribution in [3.8, 4) is 5.75 Å². The first kappa shape index (κ1) is 19.3. The van der Waals surface area contributed by atoms with Crippen LogP contribution in [0.1, 0.15) is 30.3 Å². The molecule has 0 aliphatic rings. The number of aromatic nitrogens is 2. The summed E-state index contributed by atoms with van der Waals surface area (Å²) >= 11 is 1.38. The number of rotatable bonds is 7. The third kappa shape index (κ3) is 6.52. The Morgan fingerprint density at radius 2 is 2.22 bits per heavy atom. The molecule has 1 aromatic carbocycles. The van der Waals surface area contributed by atoms with E-state index in [0.717, 1.165) is 16.3 Å². The predicted molar refractivity (Wildman–Crippen MR) is 94.5 cm³/mol. The Kier molecular flexibility index (Phi) is 7.94. The third-order valence-electron chi connectivity index (χ3n) is 3.03. The van der Waals surface area contributed by atoms with E-state index in [1.807, 2.05) is 31.2 Å². The van der Waals surface area contributed by atoms with Gasteiger partial charge < -0.3 is 15.8 Å². The van der Waals surface area contributed by atoms with E-state index in [-0.39, 0.29) is 24.4 Å². The molecule has 2 rings (SSSR count). The molecule has 1 atom stereocenters. The van der Waals surface area contributed by atoms with Crippen LogP contribution < -0.4 is 15.8 Å². The highest BCUT2D eigenvalue weighted by atomic mass is 35.5. The van der Waals surface area contributed by atoms with E-state index in [4.69, 9.17) is 10.5 Å². The first-order chi connectivity index (χ1) is 10.6. The zero-order chi connectivity index (χ0) is 15.9. The molecule has 0 radical (unpaired) electrons. The van der Waals surface area contributed by atoms with Crippen LogP contribution in [0.5, 0.6) is 5.75 Å². The van der Waals surface area contributed by atoms with Crippen LogP contribution in [-0.2, 0) is 11.2 Å². The summed E-state index contributed by atoms with van der Waals surface area (Å²) in [5.41, 5.74) is 6.72. The second-order valence-electron chi connectivity index (χ2n) is 5.09. The van der Waals surface area contributed by atoms with Gasteiger partial charge in [0.25, 0.3) is 0 Å². The van der Waals surface area contributed by atoms with Crippen LogP contribution in [-0.4, -0.2) is 29.3 Å². The molecular formula is C15H21ClN4O2S. The van der Waals surface area contributed by atoms with E-state index in [2.05, 4.69) is 15.5 Å². The lowest BCUT2D eigenvalue weighted by molar-refractivity contribution is -0.116. The van der Waals surface area contributed by atoms with Crippen LogP contribution in [0.4, 0.5) is 5.13 Å². The normalized spacial score (nSPS) is 11.4. The van der Waals surface area contributed by atoms with Crippen molar-refractivity contribution in [1.29, 1.82) is 0 Å². The first-order valence-corrected chi connectivity index (χ1v) is 7.89. The number of halogens is 1. The van der Waals surface area contributed by atoms with Gasteiger partial charge in [-0.3, -0.25) is 4.79 Å². The quantitative estimate of drug-likeness (QED) is 0.795. The molecule has 1 amide bonds. The van der Waals surface area contributed by atoms with Crippen molar-refractivity contribution < 1.29 is 9.53 Å². The number of hydrogen-bond donors (Lipinski definition) is 2. The molecule has 23 heavy (non-hydrogen) atoms. The molecule has 2 aromatic rings. The lowest BCUT2D eigenvalue weighted by atomic mass is 10.1. The zero-order valence-electron chi connectivity index (χ0n) is 13.1. The largest absolute Gasteiger partial charge is 0.497 e. The Bertz CT molecular complexity index is 633. The van der Waals surface area contributed by atoms with Crippen LogP contribution in [0, 0.1) is 0 Å². The van der Waals surface area contributed by atoms with Crippen molar-refractivity contribution in [2.75, 3.05) is 12.4 Å². The summed E-state index contributed by atoms with van der Waals surface area (Å²) in [6, 6.07) is 7.82. The fourth-order valence-electron chi connectivity index (χ4n) is 1.87. The van der Waals surface area contributed by atoms with E-state index in [0.29, 0.717) is 24.4 Å². The minimum atomic E-state index is -0.0821. The summed E-state index contributed by atoms with van der Waals surface area (Å²) in [7, 11) is 1.64. The van der Waals surface area contributed by atoms with Gasteiger partial charge in [-0.2, -0.15) is 0 Å². The van der Waals surface area contributed by atoms with Crippen molar-refractivity contribution in [1.82, 2.24) is 10.2 Å². The monoisotopic (exact) mass is 356 g/mol. The molecule has 0 bridgehead atoms. The molecule has 1 heterocycles. The maximum atomic E-state index is 11.7. The summed E-state index contributed by atoms with van der Waals surface area (Å²) in [6.45, 7) is 1.88. The number of carbonyl (C=O) groups is 1. The first-order valence-electron chi connectivity index (χ1n) is 7.07. The molecular weight excluding hydrogens is 336 g/mol. The van der Waals surface area contributed by atoms with Gasteiger partial charge in [0, 0.05) is 18.9 Å². The fraction of sp³-hybridized carbons (Fsp3) is 0.400. The maximum Gasteiger partial charge on any atom is 0.226 e. The number of methoxy groups -OCH3 is 1. The van der Waals surface area contributed by atoms with Gasteiger partial charge in [0.1, 0.15) is 10.8 Å². The molecule has 0 saturated heterocycles. The van der Waals surface area contributed by atoms with Crippen LogP contribution in [0.2, 0.25) is 0 Å². The number of amides is 1. The highest BCUT2D eigenvalue weighted by molar-refractivity contribution is 7.15. The molecule has 3 N–H and O–H groups in total. The van der Waals surface area contributed by atoms with Crippen molar-refractivity contribution in [3.05, 3.63) is 34.8 Å². The van der Waals surface area contributed by atoms with E-state index in [1.54, 1.807) is 7.11 Å². The van der Waals surface area contributed by atoms with Gasteiger partial charge in [0.05, 0.1) is 7.11 Å². The summed E-state index contributed by atoms with van der Waals surface area (Å²) in [5, 5.41) is 12.2. The van der Waals surface area contributed by atoms with Gasteiger partial charge >= 0.3 is 0 Å².